The molecule has 0 saturated carbocycles. The SMILES string of the molecule is CC.NC1CCCc2ccncc21. The summed E-state index contributed by atoms with van der Waals surface area (Å²) in [5, 5.41) is 0. The number of hydrogen-bond donors (Lipinski definition) is 1. The normalized spacial score (nSPS) is 19.8. The molecular weight excluding hydrogens is 160 g/mol. The summed E-state index contributed by atoms with van der Waals surface area (Å²) >= 11 is 0. The predicted octanol–water partition coefficient (Wildman–Crippen LogP) is 2.44. The van der Waals surface area contributed by atoms with E-state index < -0.39 is 0 Å². The van der Waals surface area contributed by atoms with Gasteiger partial charge in [-0.1, -0.05) is 13.8 Å². The Morgan fingerprint density at radius 2 is 2.23 bits per heavy atom. The highest BCUT2D eigenvalue weighted by Crippen LogP contribution is 2.26. The molecule has 2 heteroatoms. The van der Waals surface area contributed by atoms with Crippen LogP contribution in [-0.4, -0.2) is 4.98 Å². The first kappa shape index (κ1) is 10.2. The molecule has 1 atom stereocenters. The standard InChI is InChI=1S/C9H12N2.C2H6/c10-9-3-1-2-7-4-5-11-6-8(7)9;1-2/h4-6,9H,1-3,10H2;1-2H3. The first-order valence-electron chi connectivity index (χ1n) is 5.06. The molecule has 0 aromatic carbocycles. The van der Waals surface area contributed by atoms with E-state index in [0.717, 1.165) is 6.42 Å². The van der Waals surface area contributed by atoms with Crippen LogP contribution in [-0.2, 0) is 6.42 Å². The van der Waals surface area contributed by atoms with Crippen molar-refractivity contribution in [2.45, 2.75) is 39.2 Å². The summed E-state index contributed by atoms with van der Waals surface area (Å²) in [6.07, 6.45) is 7.25. The summed E-state index contributed by atoms with van der Waals surface area (Å²) < 4.78 is 0. The Kier molecular flexibility index (Phi) is 3.90. The fraction of sp³-hybridized carbons (Fsp3) is 0.545. The third-order valence-corrected chi connectivity index (χ3v) is 2.31. The summed E-state index contributed by atoms with van der Waals surface area (Å²) in [5.41, 5.74) is 8.54. The van der Waals surface area contributed by atoms with E-state index in [0.29, 0.717) is 0 Å². The number of fused-ring (bicyclic) bond motifs is 1. The van der Waals surface area contributed by atoms with Gasteiger partial charge in [0.1, 0.15) is 0 Å². The van der Waals surface area contributed by atoms with Crippen LogP contribution < -0.4 is 5.73 Å². The van der Waals surface area contributed by atoms with Crippen LogP contribution in [0.1, 0.15) is 43.9 Å². The minimum Gasteiger partial charge on any atom is -0.324 e. The highest BCUT2D eigenvalue weighted by Gasteiger charge is 2.15. The fourth-order valence-electron chi connectivity index (χ4n) is 1.66. The Morgan fingerprint density at radius 3 is 2.92 bits per heavy atom. The van der Waals surface area contributed by atoms with Crippen LogP contribution in [0.5, 0.6) is 0 Å². The number of nitrogens with two attached hydrogens (primary N) is 1. The molecule has 1 aromatic rings. The lowest BCUT2D eigenvalue weighted by Crippen LogP contribution is -2.17. The maximum absolute atomic E-state index is 5.91. The molecule has 2 N–H and O–H groups in total. The molecule has 0 radical (unpaired) electrons. The van der Waals surface area contributed by atoms with E-state index in [2.05, 4.69) is 11.1 Å². The number of nitrogens with zero attached hydrogens (tertiary/aromatic N) is 1. The molecule has 1 heterocycles. The van der Waals surface area contributed by atoms with Crippen molar-refractivity contribution < 1.29 is 0 Å². The van der Waals surface area contributed by atoms with Crippen LogP contribution >= 0.6 is 0 Å². The van der Waals surface area contributed by atoms with Crippen molar-refractivity contribution >= 4 is 0 Å². The molecule has 0 fully saturated rings. The number of pyridine rings is 1. The van der Waals surface area contributed by atoms with Gasteiger partial charge in [-0.3, -0.25) is 4.98 Å². The average Bonchev–Trinajstić information content (AvgIpc) is 2.22. The van der Waals surface area contributed by atoms with Crippen molar-refractivity contribution in [1.29, 1.82) is 0 Å². The van der Waals surface area contributed by atoms with Crippen molar-refractivity contribution in [2.75, 3.05) is 0 Å². The highest BCUT2D eigenvalue weighted by molar-refractivity contribution is 5.28. The van der Waals surface area contributed by atoms with Crippen molar-refractivity contribution in [2.24, 2.45) is 5.73 Å². The molecule has 1 unspecified atom stereocenters. The quantitative estimate of drug-likeness (QED) is 0.662. The van der Waals surface area contributed by atoms with Gasteiger partial charge >= 0.3 is 0 Å². The number of aromatic nitrogens is 1. The maximum Gasteiger partial charge on any atom is 0.0318 e. The lowest BCUT2D eigenvalue weighted by molar-refractivity contribution is 0.568. The Bertz CT molecular complexity index is 258. The van der Waals surface area contributed by atoms with Gasteiger partial charge in [0.05, 0.1) is 0 Å². The first-order chi connectivity index (χ1) is 6.38. The molecule has 0 amide bonds. The Hall–Kier alpha value is -0.890. The van der Waals surface area contributed by atoms with Crippen LogP contribution in [0.25, 0.3) is 0 Å². The largest absolute Gasteiger partial charge is 0.324 e. The summed E-state index contributed by atoms with van der Waals surface area (Å²) in [4.78, 5) is 4.07. The molecule has 2 nitrogen and oxygen atoms in total. The molecule has 1 aromatic heterocycles. The second-order valence-corrected chi connectivity index (χ2v) is 3.07. The van der Waals surface area contributed by atoms with E-state index in [9.17, 15) is 0 Å². The summed E-state index contributed by atoms with van der Waals surface area (Å²) in [6, 6.07) is 2.31. The third-order valence-electron chi connectivity index (χ3n) is 2.31. The van der Waals surface area contributed by atoms with E-state index in [4.69, 9.17) is 5.73 Å². The molecule has 13 heavy (non-hydrogen) atoms. The van der Waals surface area contributed by atoms with Gasteiger partial charge in [0.2, 0.25) is 0 Å². The van der Waals surface area contributed by atoms with Crippen molar-refractivity contribution in [1.82, 2.24) is 4.98 Å². The Balaban J connectivity index is 0.000000396. The molecule has 1 aliphatic carbocycles. The lowest BCUT2D eigenvalue weighted by Gasteiger charge is -2.20. The monoisotopic (exact) mass is 178 g/mol. The van der Waals surface area contributed by atoms with Crippen LogP contribution in [0.2, 0.25) is 0 Å². The minimum absolute atomic E-state index is 0.229. The summed E-state index contributed by atoms with van der Waals surface area (Å²) in [7, 11) is 0. The van der Waals surface area contributed by atoms with Crippen molar-refractivity contribution in [3.05, 3.63) is 29.6 Å². The molecule has 2 rings (SSSR count). The molecule has 0 spiro atoms. The molecule has 72 valence electrons. The summed E-state index contributed by atoms with van der Waals surface area (Å²) in [5.74, 6) is 0. The smallest absolute Gasteiger partial charge is 0.0318 e. The van der Waals surface area contributed by atoms with Crippen LogP contribution in [0.4, 0.5) is 0 Å². The second-order valence-electron chi connectivity index (χ2n) is 3.07. The van der Waals surface area contributed by atoms with E-state index in [1.54, 1.807) is 0 Å². The Morgan fingerprint density at radius 1 is 1.46 bits per heavy atom. The van der Waals surface area contributed by atoms with Gasteiger partial charge in [-0.2, -0.15) is 0 Å². The van der Waals surface area contributed by atoms with E-state index in [1.165, 1.54) is 24.0 Å². The van der Waals surface area contributed by atoms with Crippen molar-refractivity contribution in [3.63, 3.8) is 0 Å². The maximum atomic E-state index is 5.91. The molecule has 0 aliphatic heterocycles. The third kappa shape index (κ3) is 2.28. The van der Waals surface area contributed by atoms with Crippen LogP contribution in [0, 0.1) is 0 Å². The van der Waals surface area contributed by atoms with Gasteiger partial charge in [0, 0.05) is 18.4 Å². The van der Waals surface area contributed by atoms with Gasteiger partial charge in [-0.05, 0) is 36.5 Å². The zero-order chi connectivity index (χ0) is 9.68. The van der Waals surface area contributed by atoms with E-state index >= 15 is 0 Å². The van der Waals surface area contributed by atoms with Gasteiger partial charge in [0.25, 0.3) is 0 Å². The zero-order valence-electron chi connectivity index (χ0n) is 8.46. The van der Waals surface area contributed by atoms with Crippen molar-refractivity contribution in [3.8, 4) is 0 Å². The molecular formula is C11H18N2. The first-order valence-corrected chi connectivity index (χ1v) is 5.06. The average molecular weight is 178 g/mol. The summed E-state index contributed by atoms with van der Waals surface area (Å²) in [6.45, 7) is 4.00. The minimum atomic E-state index is 0.229. The zero-order valence-corrected chi connectivity index (χ0v) is 8.46. The molecule has 0 bridgehead atoms. The van der Waals surface area contributed by atoms with Crippen LogP contribution in [0.3, 0.4) is 0 Å². The fourth-order valence-corrected chi connectivity index (χ4v) is 1.66. The molecule has 0 saturated heterocycles. The van der Waals surface area contributed by atoms with Gasteiger partial charge in [-0.15, -0.1) is 0 Å². The Labute approximate surface area is 80.2 Å². The van der Waals surface area contributed by atoms with E-state index in [-0.39, 0.29) is 6.04 Å². The van der Waals surface area contributed by atoms with Crippen LogP contribution in [0.15, 0.2) is 18.5 Å². The highest BCUT2D eigenvalue weighted by atomic mass is 14.7. The topological polar surface area (TPSA) is 38.9 Å². The molecule has 1 aliphatic rings. The van der Waals surface area contributed by atoms with Gasteiger partial charge in [-0.25, -0.2) is 0 Å². The number of rotatable bonds is 0. The lowest BCUT2D eigenvalue weighted by atomic mass is 9.90. The number of aryl methyl sites for hydroxylation is 1. The van der Waals surface area contributed by atoms with Gasteiger partial charge in [0.15, 0.2) is 0 Å². The number of hydrogen-bond acceptors (Lipinski definition) is 2. The predicted molar refractivity (Wildman–Crippen MR) is 55.5 cm³/mol. The van der Waals surface area contributed by atoms with E-state index in [1.807, 2.05) is 26.2 Å². The second kappa shape index (κ2) is 4.97. The van der Waals surface area contributed by atoms with Gasteiger partial charge < -0.3 is 5.73 Å².